The van der Waals surface area contributed by atoms with Gasteiger partial charge in [0.2, 0.25) is 0 Å². The molecule has 0 fully saturated rings. The second-order valence-electron chi connectivity index (χ2n) is 7.01. The molecule has 0 amide bonds. The third kappa shape index (κ3) is 4.64. The number of pyridine rings is 2. The zero-order valence-corrected chi connectivity index (χ0v) is 16.2. The van der Waals surface area contributed by atoms with Gasteiger partial charge in [0.05, 0.1) is 22.5 Å². The van der Waals surface area contributed by atoms with Gasteiger partial charge in [0, 0.05) is 12.4 Å². The Kier molecular flexibility index (Phi) is 5.46. The topological polar surface area (TPSA) is 25.8 Å². The first-order valence-corrected chi connectivity index (χ1v) is 9.39. The molecule has 0 radical (unpaired) electrons. The van der Waals surface area contributed by atoms with Crippen LogP contribution in [0.1, 0.15) is 11.1 Å². The lowest BCUT2D eigenvalue weighted by molar-refractivity contribution is -0.138. The molecule has 2 aromatic carbocycles. The zero-order chi connectivity index (χ0) is 22.9. The highest BCUT2D eigenvalue weighted by molar-refractivity contribution is 5.72. The third-order valence-electron chi connectivity index (χ3n) is 4.87. The molecule has 0 N–H and O–H groups in total. The minimum Gasteiger partial charge on any atom is -0.255 e. The standard InChI is InChI=1S/C24H14F6N2/c25-23(26,27)19-5-1-15(2-6-19)17-9-11-31-21(13-17)22-14-18(10-12-32-22)16-3-7-20(8-4-16)24(28,29)30/h1-14H. The molecule has 0 bridgehead atoms. The maximum absolute atomic E-state index is 12.8. The lowest BCUT2D eigenvalue weighted by atomic mass is 10.0. The number of alkyl halides is 6. The van der Waals surface area contributed by atoms with Gasteiger partial charge < -0.3 is 0 Å². The van der Waals surface area contributed by atoms with Gasteiger partial charge in [-0.1, -0.05) is 24.3 Å². The first-order valence-electron chi connectivity index (χ1n) is 9.39. The molecule has 162 valence electrons. The van der Waals surface area contributed by atoms with Crippen LogP contribution in [0, 0.1) is 0 Å². The fraction of sp³-hybridized carbons (Fsp3) is 0.0833. The summed E-state index contributed by atoms with van der Waals surface area (Å²) >= 11 is 0. The molecule has 8 heteroatoms. The predicted molar refractivity (Wildman–Crippen MR) is 108 cm³/mol. The number of benzene rings is 2. The van der Waals surface area contributed by atoms with Crippen LogP contribution in [-0.2, 0) is 12.4 Å². The van der Waals surface area contributed by atoms with Crippen LogP contribution in [0.5, 0.6) is 0 Å². The highest BCUT2D eigenvalue weighted by atomic mass is 19.4. The Morgan fingerprint density at radius 2 is 0.781 bits per heavy atom. The first-order chi connectivity index (χ1) is 15.1. The summed E-state index contributed by atoms with van der Waals surface area (Å²) in [7, 11) is 0. The Morgan fingerprint density at radius 3 is 1.09 bits per heavy atom. The van der Waals surface area contributed by atoms with Crippen molar-refractivity contribution in [1.82, 2.24) is 9.97 Å². The summed E-state index contributed by atoms with van der Waals surface area (Å²) in [6.45, 7) is 0. The van der Waals surface area contributed by atoms with E-state index < -0.39 is 23.5 Å². The molecule has 4 rings (SSSR count). The van der Waals surface area contributed by atoms with Crippen LogP contribution < -0.4 is 0 Å². The fourth-order valence-electron chi connectivity index (χ4n) is 3.20. The average Bonchev–Trinajstić information content (AvgIpc) is 2.78. The molecule has 32 heavy (non-hydrogen) atoms. The van der Waals surface area contributed by atoms with Gasteiger partial charge in [-0.2, -0.15) is 26.3 Å². The Hall–Kier alpha value is -3.68. The number of nitrogens with zero attached hydrogens (tertiary/aromatic N) is 2. The van der Waals surface area contributed by atoms with Gasteiger partial charge in [-0.25, -0.2) is 0 Å². The highest BCUT2D eigenvalue weighted by Crippen LogP contribution is 2.33. The van der Waals surface area contributed by atoms with E-state index in [2.05, 4.69) is 9.97 Å². The second-order valence-corrected chi connectivity index (χ2v) is 7.01. The lowest BCUT2D eigenvalue weighted by Crippen LogP contribution is -2.04. The van der Waals surface area contributed by atoms with Crippen molar-refractivity contribution in [1.29, 1.82) is 0 Å². The maximum Gasteiger partial charge on any atom is 0.416 e. The first kappa shape index (κ1) is 21.5. The summed E-state index contributed by atoms with van der Waals surface area (Å²) in [5.74, 6) is 0. The van der Waals surface area contributed by atoms with E-state index in [-0.39, 0.29) is 0 Å². The Labute approximate surface area is 179 Å². The normalized spacial score (nSPS) is 12.1. The molecule has 0 saturated heterocycles. The van der Waals surface area contributed by atoms with Gasteiger partial charge in [-0.05, 0) is 70.8 Å². The number of halogens is 6. The van der Waals surface area contributed by atoms with Crippen molar-refractivity contribution < 1.29 is 26.3 Å². The molecule has 2 nitrogen and oxygen atoms in total. The lowest BCUT2D eigenvalue weighted by Gasteiger charge is -2.10. The van der Waals surface area contributed by atoms with Crippen molar-refractivity contribution in [3.63, 3.8) is 0 Å². The van der Waals surface area contributed by atoms with Gasteiger partial charge in [-0.15, -0.1) is 0 Å². The number of hydrogen-bond donors (Lipinski definition) is 0. The summed E-state index contributed by atoms with van der Waals surface area (Å²) in [6.07, 6.45) is -5.78. The van der Waals surface area contributed by atoms with Crippen LogP contribution in [0.3, 0.4) is 0 Å². The van der Waals surface area contributed by atoms with Crippen molar-refractivity contribution in [2.24, 2.45) is 0 Å². The summed E-state index contributed by atoms with van der Waals surface area (Å²) in [5, 5.41) is 0. The van der Waals surface area contributed by atoms with Gasteiger partial charge in [0.1, 0.15) is 0 Å². The van der Waals surface area contributed by atoms with Crippen LogP contribution in [0.25, 0.3) is 33.6 Å². The summed E-state index contributed by atoms with van der Waals surface area (Å²) in [4.78, 5) is 8.56. The monoisotopic (exact) mass is 444 g/mol. The average molecular weight is 444 g/mol. The van der Waals surface area contributed by atoms with Crippen molar-refractivity contribution in [2.75, 3.05) is 0 Å². The molecular formula is C24H14F6N2. The van der Waals surface area contributed by atoms with Crippen LogP contribution in [0.15, 0.2) is 85.2 Å². The summed E-state index contributed by atoms with van der Waals surface area (Å²) in [5.41, 5.74) is 1.98. The van der Waals surface area contributed by atoms with Gasteiger partial charge in [0.25, 0.3) is 0 Å². The van der Waals surface area contributed by atoms with Gasteiger partial charge >= 0.3 is 12.4 Å². The molecule has 0 aliphatic rings. The second kappa shape index (κ2) is 8.11. The predicted octanol–water partition coefficient (Wildman–Crippen LogP) is 7.52. The molecule has 0 atom stereocenters. The Bertz CT molecular complexity index is 1130. The fourth-order valence-corrected chi connectivity index (χ4v) is 3.20. The van der Waals surface area contributed by atoms with E-state index in [0.29, 0.717) is 33.6 Å². The smallest absolute Gasteiger partial charge is 0.255 e. The number of hydrogen-bond acceptors (Lipinski definition) is 2. The van der Waals surface area contributed by atoms with E-state index in [1.54, 1.807) is 24.3 Å². The molecule has 0 aliphatic carbocycles. The van der Waals surface area contributed by atoms with E-state index in [4.69, 9.17) is 0 Å². The van der Waals surface area contributed by atoms with E-state index in [0.717, 1.165) is 24.3 Å². The van der Waals surface area contributed by atoms with Crippen LogP contribution in [-0.4, -0.2) is 9.97 Å². The molecule has 4 aromatic rings. The molecule has 0 aliphatic heterocycles. The zero-order valence-electron chi connectivity index (χ0n) is 16.2. The van der Waals surface area contributed by atoms with Crippen LogP contribution >= 0.6 is 0 Å². The molecule has 0 spiro atoms. The number of aromatic nitrogens is 2. The minimum atomic E-state index is -4.41. The number of rotatable bonds is 3. The van der Waals surface area contributed by atoms with Crippen LogP contribution in [0.4, 0.5) is 26.3 Å². The molecule has 2 heterocycles. The van der Waals surface area contributed by atoms with E-state index in [9.17, 15) is 26.3 Å². The van der Waals surface area contributed by atoms with Crippen molar-refractivity contribution in [2.45, 2.75) is 12.4 Å². The molecular weight excluding hydrogens is 430 g/mol. The molecule has 0 saturated carbocycles. The van der Waals surface area contributed by atoms with Gasteiger partial charge in [-0.3, -0.25) is 9.97 Å². The Balaban J connectivity index is 1.64. The third-order valence-corrected chi connectivity index (χ3v) is 4.87. The van der Waals surface area contributed by atoms with E-state index in [1.807, 2.05) is 0 Å². The van der Waals surface area contributed by atoms with E-state index >= 15 is 0 Å². The Morgan fingerprint density at radius 1 is 0.438 bits per heavy atom. The van der Waals surface area contributed by atoms with Crippen molar-refractivity contribution in [3.8, 4) is 33.6 Å². The summed E-state index contributed by atoms with van der Waals surface area (Å²) in [6, 6.07) is 16.3. The van der Waals surface area contributed by atoms with Crippen molar-refractivity contribution in [3.05, 3.63) is 96.3 Å². The minimum absolute atomic E-state index is 0.483. The molecule has 2 aromatic heterocycles. The SMILES string of the molecule is FC(F)(F)c1ccc(-c2ccnc(-c3cc(-c4ccc(C(F)(F)F)cc4)ccn3)c2)cc1. The van der Waals surface area contributed by atoms with Crippen LogP contribution in [0.2, 0.25) is 0 Å². The van der Waals surface area contributed by atoms with Crippen molar-refractivity contribution >= 4 is 0 Å². The van der Waals surface area contributed by atoms with E-state index in [1.165, 1.54) is 36.7 Å². The highest BCUT2D eigenvalue weighted by Gasteiger charge is 2.30. The maximum atomic E-state index is 12.8. The largest absolute Gasteiger partial charge is 0.416 e. The molecule has 0 unspecified atom stereocenters. The quantitative estimate of drug-likeness (QED) is 0.306. The summed E-state index contributed by atoms with van der Waals surface area (Å²) < 4.78 is 76.8. The van der Waals surface area contributed by atoms with Gasteiger partial charge in [0.15, 0.2) is 0 Å².